The Balaban J connectivity index is 1.39. The van der Waals surface area contributed by atoms with Crippen molar-refractivity contribution in [3.63, 3.8) is 0 Å². The van der Waals surface area contributed by atoms with Gasteiger partial charge in [0.25, 0.3) is 5.91 Å². The number of aromatic nitrogens is 1. The van der Waals surface area contributed by atoms with E-state index < -0.39 is 11.7 Å². The molecule has 1 N–H and O–H groups in total. The Morgan fingerprint density at radius 1 is 1.10 bits per heavy atom. The standard InChI is InChI=1S/C22H24N2O5/c1-16(11-12-17-7-3-2-4-8-17)23-20(25)15-28-21(26)13-14-24-18-9-5-6-10-19(18)29-22(24)27/h2-10,16H,11-15H2,1H3,(H,23,25)/t16-/m1/s1. The van der Waals surface area contributed by atoms with Gasteiger partial charge in [0.1, 0.15) is 0 Å². The van der Waals surface area contributed by atoms with Crippen LogP contribution in [0, 0.1) is 0 Å². The minimum Gasteiger partial charge on any atom is -0.456 e. The number of carbonyl (C=O) groups excluding carboxylic acids is 2. The van der Waals surface area contributed by atoms with E-state index in [1.165, 1.54) is 10.1 Å². The number of hydrogen-bond donors (Lipinski definition) is 1. The molecule has 1 aromatic heterocycles. The van der Waals surface area contributed by atoms with Gasteiger partial charge in [-0.3, -0.25) is 14.2 Å². The molecule has 0 unspecified atom stereocenters. The summed E-state index contributed by atoms with van der Waals surface area (Å²) in [7, 11) is 0. The van der Waals surface area contributed by atoms with E-state index in [0.717, 1.165) is 12.8 Å². The smallest absolute Gasteiger partial charge is 0.419 e. The molecule has 0 saturated heterocycles. The molecule has 3 rings (SSSR count). The van der Waals surface area contributed by atoms with Gasteiger partial charge < -0.3 is 14.5 Å². The molecule has 152 valence electrons. The van der Waals surface area contributed by atoms with E-state index in [2.05, 4.69) is 5.32 Å². The summed E-state index contributed by atoms with van der Waals surface area (Å²) in [5, 5.41) is 2.82. The number of ether oxygens (including phenoxy) is 1. The summed E-state index contributed by atoms with van der Waals surface area (Å²) in [6, 6.07) is 17.0. The van der Waals surface area contributed by atoms with Crippen molar-refractivity contribution in [1.82, 2.24) is 9.88 Å². The Hall–Kier alpha value is -3.35. The number of benzene rings is 2. The lowest BCUT2D eigenvalue weighted by Crippen LogP contribution is -2.36. The van der Waals surface area contributed by atoms with E-state index in [9.17, 15) is 14.4 Å². The number of nitrogens with zero attached hydrogens (tertiary/aromatic N) is 1. The van der Waals surface area contributed by atoms with Gasteiger partial charge in [0.2, 0.25) is 0 Å². The summed E-state index contributed by atoms with van der Waals surface area (Å²) < 4.78 is 11.5. The number of carbonyl (C=O) groups is 2. The van der Waals surface area contributed by atoms with Gasteiger partial charge >= 0.3 is 11.7 Å². The van der Waals surface area contributed by atoms with Gasteiger partial charge in [-0.1, -0.05) is 42.5 Å². The fraction of sp³-hybridized carbons (Fsp3) is 0.318. The summed E-state index contributed by atoms with van der Waals surface area (Å²) in [6.45, 7) is 1.71. The van der Waals surface area contributed by atoms with E-state index in [1.54, 1.807) is 24.3 Å². The molecule has 0 fully saturated rings. The van der Waals surface area contributed by atoms with Crippen molar-refractivity contribution < 1.29 is 18.7 Å². The fourth-order valence-corrected chi connectivity index (χ4v) is 3.06. The number of hydrogen-bond acceptors (Lipinski definition) is 5. The van der Waals surface area contributed by atoms with Crippen molar-refractivity contribution in [2.45, 2.75) is 38.8 Å². The Labute approximate surface area is 168 Å². The maximum atomic E-state index is 12.0. The van der Waals surface area contributed by atoms with Crippen LogP contribution in [-0.4, -0.2) is 29.1 Å². The number of aryl methyl sites for hydroxylation is 2. The second kappa shape index (κ2) is 9.73. The van der Waals surface area contributed by atoms with Crippen LogP contribution in [0.2, 0.25) is 0 Å². The summed E-state index contributed by atoms with van der Waals surface area (Å²) in [5.41, 5.74) is 2.30. The average Bonchev–Trinajstić information content (AvgIpc) is 3.05. The molecule has 0 bridgehead atoms. The third kappa shape index (κ3) is 5.81. The third-order valence-corrected chi connectivity index (χ3v) is 4.59. The maximum Gasteiger partial charge on any atom is 0.419 e. The highest BCUT2D eigenvalue weighted by Crippen LogP contribution is 2.12. The summed E-state index contributed by atoms with van der Waals surface area (Å²) >= 11 is 0. The predicted molar refractivity (Wildman–Crippen MR) is 108 cm³/mol. The summed E-state index contributed by atoms with van der Waals surface area (Å²) in [4.78, 5) is 35.8. The molecule has 29 heavy (non-hydrogen) atoms. The SMILES string of the molecule is C[C@H](CCc1ccccc1)NC(=O)COC(=O)CCn1c(=O)oc2ccccc21. The number of oxazole rings is 1. The van der Waals surface area contributed by atoms with Crippen LogP contribution in [0.25, 0.3) is 11.1 Å². The van der Waals surface area contributed by atoms with Crippen LogP contribution in [0.15, 0.2) is 63.8 Å². The van der Waals surface area contributed by atoms with Gasteiger partial charge in [0, 0.05) is 12.6 Å². The number of nitrogens with one attached hydrogen (secondary N) is 1. The summed E-state index contributed by atoms with van der Waals surface area (Å²) in [6.07, 6.45) is 1.62. The predicted octanol–water partition coefficient (Wildman–Crippen LogP) is 2.67. The second-order valence-corrected chi connectivity index (χ2v) is 6.89. The lowest BCUT2D eigenvalue weighted by atomic mass is 10.1. The summed E-state index contributed by atoms with van der Waals surface area (Å²) in [5.74, 6) is -1.41. The number of rotatable bonds is 9. The largest absolute Gasteiger partial charge is 0.456 e. The van der Waals surface area contributed by atoms with Crippen molar-refractivity contribution in [3.05, 3.63) is 70.7 Å². The molecule has 1 amide bonds. The van der Waals surface area contributed by atoms with Gasteiger partial charge in [-0.25, -0.2) is 4.79 Å². The van der Waals surface area contributed by atoms with Crippen molar-refractivity contribution in [1.29, 1.82) is 0 Å². The van der Waals surface area contributed by atoms with Gasteiger partial charge in [-0.05, 0) is 37.5 Å². The van der Waals surface area contributed by atoms with Crippen molar-refractivity contribution in [2.75, 3.05) is 6.61 Å². The molecule has 0 radical (unpaired) electrons. The van der Waals surface area contributed by atoms with Crippen LogP contribution < -0.4 is 11.1 Å². The lowest BCUT2D eigenvalue weighted by Gasteiger charge is -2.14. The minimum atomic E-state index is -0.547. The Morgan fingerprint density at radius 3 is 2.62 bits per heavy atom. The van der Waals surface area contributed by atoms with E-state index in [-0.39, 0.29) is 31.5 Å². The zero-order valence-corrected chi connectivity index (χ0v) is 16.3. The molecular weight excluding hydrogens is 372 g/mol. The van der Waals surface area contributed by atoms with Crippen LogP contribution in [0.5, 0.6) is 0 Å². The first-order valence-corrected chi connectivity index (χ1v) is 9.60. The maximum absolute atomic E-state index is 12.0. The zero-order chi connectivity index (χ0) is 20.6. The fourth-order valence-electron chi connectivity index (χ4n) is 3.06. The number of esters is 1. The Morgan fingerprint density at radius 2 is 1.83 bits per heavy atom. The number of para-hydroxylation sites is 2. The van der Waals surface area contributed by atoms with Crippen LogP contribution >= 0.6 is 0 Å². The first-order chi connectivity index (χ1) is 14.0. The second-order valence-electron chi connectivity index (χ2n) is 6.89. The van der Waals surface area contributed by atoms with Crippen LogP contribution in [0.4, 0.5) is 0 Å². The first-order valence-electron chi connectivity index (χ1n) is 9.60. The Bertz CT molecular complexity index is 1020. The molecule has 7 heteroatoms. The first kappa shape index (κ1) is 20.4. The van der Waals surface area contributed by atoms with Crippen molar-refractivity contribution in [3.8, 4) is 0 Å². The third-order valence-electron chi connectivity index (χ3n) is 4.59. The Kier molecular flexibility index (Phi) is 6.84. The molecule has 1 heterocycles. The minimum absolute atomic E-state index is 0.0275. The highest BCUT2D eigenvalue weighted by Gasteiger charge is 2.13. The molecule has 3 aromatic rings. The van der Waals surface area contributed by atoms with E-state index in [0.29, 0.717) is 11.1 Å². The molecule has 0 saturated carbocycles. The highest BCUT2D eigenvalue weighted by molar-refractivity contribution is 5.80. The molecule has 2 aromatic carbocycles. The van der Waals surface area contributed by atoms with Crippen LogP contribution in [0.3, 0.4) is 0 Å². The van der Waals surface area contributed by atoms with Gasteiger partial charge in [0.05, 0.1) is 11.9 Å². The zero-order valence-electron chi connectivity index (χ0n) is 16.3. The number of fused-ring (bicyclic) bond motifs is 1. The van der Waals surface area contributed by atoms with E-state index >= 15 is 0 Å². The van der Waals surface area contributed by atoms with E-state index in [1.807, 2.05) is 37.3 Å². The molecule has 0 spiro atoms. The normalized spacial score (nSPS) is 11.9. The molecular formula is C22H24N2O5. The monoisotopic (exact) mass is 396 g/mol. The molecule has 1 atom stereocenters. The van der Waals surface area contributed by atoms with Crippen molar-refractivity contribution in [2.24, 2.45) is 0 Å². The van der Waals surface area contributed by atoms with Gasteiger partial charge in [-0.2, -0.15) is 0 Å². The van der Waals surface area contributed by atoms with Crippen LogP contribution in [-0.2, 0) is 27.3 Å². The van der Waals surface area contributed by atoms with E-state index in [4.69, 9.17) is 9.15 Å². The highest BCUT2D eigenvalue weighted by atomic mass is 16.5. The topological polar surface area (TPSA) is 90.5 Å². The number of amides is 1. The molecule has 0 aliphatic heterocycles. The quantitative estimate of drug-likeness (QED) is 0.562. The molecule has 0 aliphatic rings. The molecule has 7 nitrogen and oxygen atoms in total. The van der Waals surface area contributed by atoms with Gasteiger partial charge in [0.15, 0.2) is 12.2 Å². The van der Waals surface area contributed by atoms with Gasteiger partial charge in [-0.15, -0.1) is 0 Å². The van der Waals surface area contributed by atoms with Crippen molar-refractivity contribution >= 4 is 23.0 Å². The lowest BCUT2D eigenvalue weighted by molar-refractivity contribution is -0.148. The van der Waals surface area contributed by atoms with Crippen LogP contribution in [0.1, 0.15) is 25.3 Å². The average molecular weight is 396 g/mol. The molecule has 0 aliphatic carbocycles.